The summed E-state index contributed by atoms with van der Waals surface area (Å²) in [4.78, 5) is 4.06. The Labute approximate surface area is 88.6 Å². The molecule has 1 aliphatic carbocycles. The second kappa shape index (κ2) is 2.94. The maximum absolute atomic E-state index is 6.24. The third kappa shape index (κ3) is 1.36. The Morgan fingerprint density at radius 2 is 2.07 bits per heavy atom. The van der Waals surface area contributed by atoms with Crippen LogP contribution in [0.25, 0.3) is 5.69 Å². The summed E-state index contributed by atoms with van der Waals surface area (Å²) in [5, 5.41) is 0. The van der Waals surface area contributed by atoms with Crippen LogP contribution in [-0.2, 0) is 5.54 Å². The average Bonchev–Trinajstić information content (AvgIpc) is 2.84. The molecule has 76 valence electrons. The third-order valence-corrected chi connectivity index (χ3v) is 3.01. The Morgan fingerprint density at radius 3 is 2.73 bits per heavy atom. The van der Waals surface area contributed by atoms with Crippen molar-refractivity contribution in [2.45, 2.75) is 18.4 Å². The van der Waals surface area contributed by atoms with Crippen molar-refractivity contribution < 1.29 is 0 Å². The number of hydrogen-bond donors (Lipinski definition) is 1. The number of nitrogens with two attached hydrogens (primary N) is 1. The van der Waals surface area contributed by atoms with E-state index in [0.717, 1.165) is 18.5 Å². The molecule has 1 aromatic heterocycles. The summed E-state index contributed by atoms with van der Waals surface area (Å²) < 4.78 is 2.02. The molecule has 1 aliphatic rings. The summed E-state index contributed by atoms with van der Waals surface area (Å²) in [6, 6.07) is 8.28. The maximum atomic E-state index is 6.24. The van der Waals surface area contributed by atoms with E-state index in [-0.39, 0.29) is 5.54 Å². The molecule has 0 atom stereocenters. The fourth-order valence-corrected chi connectivity index (χ4v) is 1.93. The fraction of sp³-hybridized carbons (Fsp3) is 0.250. The van der Waals surface area contributed by atoms with E-state index in [2.05, 4.69) is 17.1 Å². The smallest absolute Gasteiger partial charge is 0.0991 e. The molecule has 3 heteroatoms. The van der Waals surface area contributed by atoms with Gasteiger partial charge in [0.15, 0.2) is 0 Å². The number of benzene rings is 1. The van der Waals surface area contributed by atoms with Crippen LogP contribution >= 0.6 is 0 Å². The maximum Gasteiger partial charge on any atom is 0.0991 e. The summed E-state index contributed by atoms with van der Waals surface area (Å²) in [7, 11) is 0. The van der Waals surface area contributed by atoms with Gasteiger partial charge in [-0.1, -0.05) is 18.2 Å². The van der Waals surface area contributed by atoms with Crippen LogP contribution in [0.5, 0.6) is 0 Å². The summed E-state index contributed by atoms with van der Waals surface area (Å²) in [5.74, 6) is 0. The number of imidazole rings is 1. The van der Waals surface area contributed by atoms with E-state index < -0.39 is 0 Å². The predicted molar refractivity (Wildman–Crippen MR) is 58.7 cm³/mol. The predicted octanol–water partition coefficient (Wildman–Crippen LogP) is 1.82. The quantitative estimate of drug-likeness (QED) is 0.801. The molecule has 1 aromatic carbocycles. The molecule has 0 bridgehead atoms. The molecule has 1 fully saturated rings. The van der Waals surface area contributed by atoms with Crippen LogP contribution in [-0.4, -0.2) is 9.55 Å². The van der Waals surface area contributed by atoms with Gasteiger partial charge in [0.1, 0.15) is 0 Å². The van der Waals surface area contributed by atoms with E-state index in [9.17, 15) is 0 Å². The Balaban J connectivity index is 2.15. The van der Waals surface area contributed by atoms with Crippen molar-refractivity contribution in [3.05, 3.63) is 48.5 Å². The lowest BCUT2D eigenvalue weighted by atomic mass is 10.0. The van der Waals surface area contributed by atoms with Crippen molar-refractivity contribution >= 4 is 0 Å². The average molecular weight is 199 g/mol. The van der Waals surface area contributed by atoms with Crippen molar-refractivity contribution in [3.8, 4) is 5.69 Å². The molecule has 3 rings (SSSR count). The Hall–Kier alpha value is -1.61. The number of para-hydroxylation sites is 1. The molecular formula is C12H13N3. The molecule has 0 radical (unpaired) electrons. The SMILES string of the molecule is NC1(c2ccccc2-n2ccnc2)CC1. The van der Waals surface area contributed by atoms with E-state index in [1.807, 2.05) is 29.2 Å². The van der Waals surface area contributed by atoms with Crippen LogP contribution in [0.2, 0.25) is 0 Å². The Kier molecular flexibility index (Phi) is 1.70. The van der Waals surface area contributed by atoms with Gasteiger partial charge in [0, 0.05) is 17.9 Å². The van der Waals surface area contributed by atoms with Gasteiger partial charge in [0.25, 0.3) is 0 Å². The first-order valence-electron chi connectivity index (χ1n) is 5.16. The van der Waals surface area contributed by atoms with E-state index in [1.54, 1.807) is 6.20 Å². The highest BCUT2D eigenvalue weighted by atomic mass is 15.0. The lowest BCUT2D eigenvalue weighted by Crippen LogP contribution is -2.20. The van der Waals surface area contributed by atoms with Crippen LogP contribution in [0.4, 0.5) is 0 Å². The molecule has 0 aliphatic heterocycles. The molecule has 0 saturated heterocycles. The highest BCUT2D eigenvalue weighted by Crippen LogP contribution is 2.44. The Morgan fingerprint density at radius 1 is 1.27 bits per heavy atom. The number of nitrogens with zero attached hydrogens (tertiary/aromatic N) is 2. The molecule has 15 heavy (non-hydrogen) atoms. The van der Waals surface area contributed by atoms with Crippen molar-refractivity contribution in [1.29, 1.82) is 0 Å². The minimum Gasteiger partial charge on any atom is -0.321 e. The standard InChI is InChI=1S/C12H13N3/c13-12(5-6-12)10-3-1-2-4-11(10)15-8-7-14-9-15/h1-4,7-9H,5-6,13H2. The third-order valence-electron chi connectivity index (χ3n) is 3.01. The molecule has 2 aromatic rings. The summed E-state index contributed by atoms with van der Waals surface area (Å²) in [5.41, 5.74) is 8.52. The monoisotopic (exact) mass is 199 g/mol. The highest BCUT2D eigenvalue weighted by molar-refractivity contribution is 5.47. The normalized spacial score (nSPS) is 17.7. The highest BCUT2D eigenvalue weighted by Gasteiger charge is 2.41. The summed E-state index contributed by atoms with van der Waals surface area (Å²) in [6.45, 7) is 0. The molecule has 1 saturated carbocycles. The summed E-state index contributed by atoms with van der Waals surface area (Å²) in [6.07, 6.45) is 7.71. The first kappa shape index (κ1) is 8.68. The van der Waals surface area contributed by atoms with Crippen LogP contribution < -0.4 is 5.73 Å². The van der Waals surface area contributed by atoms with Gasteiger partial charge in [0.05, 0.1) is 12.0 Å². The lowest BCUT2D eigenvalue weighted by molar-refractivity contribution is 0.730. The van der Waals surface area contributed by atoms with Gasteiger partial charge < -0.3 is 10.3 Å². The summed E-state index contributed by atoms with van der Waals surface area (Å²) >= 11 is 0. The molecule has 1 heterocycles. The topological polar surface area (TPSA) is 43.8 Å². The Bertz CT molecular complexity index is 469. The van der Waals surface area contributed by atoms with Gasteiger partial charge in [-0.05, 0) is 24.5 Å². The molecule has 0 spiro atoms. The van der Waals surface area contributed by atoms with Gasteiger partial charge >= 0.3 is 0 Å². The van der Waals surface area contributed by atoms with E-state index in [0.29, 0.717) is 0 Å². The fourth-order valence-electron chi connectivity index (χ4n) is 1.93. The lowest BCUT2D eigenvalue weighted by Gasteiger charge is -2.15. The van der Waals surface area contributed by atoms with E-state index in [4.69, 9.17) is 5.73 Å². The van der Waals surface area contributed by atoms with Crippen molar-refractivity contribution in [2.75, 3.05) is 0 Å². The molecule has 3 nitrogen and oxygen atoms in total. The van der Waals surface area contributed by atoms with Crippen molar-refractivity contribution in [1.82, 2.24) is 9.55 Å². The van der Waals surface area contributed by atoms with Gasteiger partial charge in [-0.3, -0.25) is 0 Å². The number of hydrogen-bond acceptors (Lipinski definition) is 2. The van der Waals surface area contributed by atoms with Gasteiger partial charge in [-0.2, -0.15) is 0 Å². The zero-order valence-electron chi connectivity index (χ0n) is 8.43. The van der Waals surface area contributed by atoms with Crippen LogP contribution in [0.15, 0.2) is 43.0 Å². The van der Waals surface area contributed by atoms with Crippen molar-refractivity contribution in [2.24, 2.45) is 5.73 Å². The largest absolute Gasteiger partial charge is 0.321 e. The van der Waals surface area contributed by atoms with Gasteiger partial charge in [-0.25, -0.2) is 4.98 Å². The molecule has 0 amide bonds. The molecular weight excluding hydrogens is 186 g/mol. The van der Waals surface area contributed by atoms with Crippen LogP contribution in [0.3, 0.4) is 0 Å². The van der Waals surface area contributed by atoms with Gasteiger partial charge in [-0.15, -0.1) is 0 Å². The van der Waals surface area contributed by atoms with Crippen molar-refractivity contribution in [3.63, 3.8) is 0 Å². The first-order chi connectivity index (χ1) is 7.30. The zero-order valence-corrected chi connectivity index (χ0v) is 8.43. The number of rotatable bonds is 2. The second-order valence-corrected chi connectivity index (χ2v) is 4.14. The minimum atomic E-state index is -0.0964. The van der Waals surface area contributed by atoms with Crippen LogP contribution in [0.1, 0.15) is 18.4 Å². The van der Waals surface area contributed by atoms with Crippen LogP contribution in [0, 0.1) is 0 Å². The second-order valence-electron chi connectivity index (χ2n) is 4.14. The van der Waals surface area contributed by atoms with E-state index >= 15 is 0 Å². The zero-order chi connectivity index (χ0) is 10.3. The molecule has 0 unspecified atom stereocenters. The molecule has 2 N–H and O–H groups in total. The number of aromatic nitrogens is 2. The van der Waals surface area contributed by atoms with E-state index in [1.165, 1.54) is 5.56 Å². The minimum absolute atomic E-state index is 0.0964. The first-order valence-corrected chi connectivity index (χ1v) is 5.16. The van der Waals surface area contributed by atoms with Gasteiger partial charge in [0.2, 0.25) is 0 Å².